The zero-order chi connectivity index (χ0) is 19.4. The summed E-state index contributed by atoms with van der Waals surface area (Å²) >= 11 is 0. The number of aliphatic hydroxyl groups is 1. The molecule has 4 aliphatic rings. The minimum Gasteiger partial charge on any atom is -0.466 e. The van der Waals surface area contributed by atoms with Gasteiger partial charge < -0.3 is 9.84 Å². The lowest BCUT2D eigenvalue weighted by Gasteiger charge is -2.63. The summed E-state index contributed by atoms with van der Waals surface area (Å²) in [7, 11) is 0. The van der Waals surface area contributed by atoms with Crippen molar-refractivity contribution in [2.24, 2.45) is 40.4 Å². The van der Waals surface area contributed by atoms with E-state index in [1.807, 2.05) is 6.92 Å². The first-order chi connectivity index (χ1) is 12.8. The van der Waals surface area contributed by atoms with Crippen molar-refractivity contribution >= 4 is 5.97 Å². The number of carbonyl (C=O) groups is 1. The lowest BCUT2D eigenvalue weighted by Crippen LogP contribution is -2.58. The molecule has 4 fully saturated rings. The second-order valence-electron chi connectivity index (χ2n) is 10.9. The van der Waals surface area contributed by atoms with Gasteiger partial charge in [0.25, 0.3) is 0 Å². The SMILES string of the molecule is CCOC(=O)C[C@]1(O)CC[C@H]2[C@@H]3CC[C@H]4CCC[C@H](C)[C@]4(C)[C@H]3CC[C@@]21C. The quantitative estimate of drug-likeness (QED) is 0.675. The van der Waals surface area contributed by atoms with Crippen molar-refractivity contribution in [1.82, 2.24) is 0 Å². The molecule has 4 saturated carbocycles. The molecule has 0 aromatic rings. The number of hydrogen-bond acceptors (Lipinski definition) is 3. The van der Waals surface area contributed by atoms with Crippen LogP contribution in [-0.2, 0) is 9.53 Å². The third-order valence-electron chi connectivity index (χ3n) is 10.3. The van der Waals surface area contributed by atoms with E-state index < -0.39 is 5.60 Å². The maximum absolute atomic E-state index is 12.2. The monoisotopic (exact) mass is 376 g/mol. The highest BCUT2D eigenvalue weighted by Gasteiger charge is 2.65. The van der Waals surface area contributed by atoms with Crippen LogP contribution < -0.4 is 0 Å². The summed E-state index contributed by atoms with van der Waals surface area (Å²) in [5, 5.41) is 11.6. The summed E-state index contributed by atoms with van der Waals surface area (Å²) in [6.45, 7) is 9.65. The van der Waals surface area contributed by atoms with Crippen LogP contribution in [-0.4, -0.2) is 23.3 Å². The Kier molecular flexibility index (Phi) is 4.93. The average molecular weight is 377 g/mol. The molecule has 1 N–H and O–H groups in total. The van der Waals surface area contributed by atoms with Crippen LogP contribution in [0.4, 0.5) is 0 Å². The Morgan fingerprint density at radius 3 is 2.52 bits per heavy atom. The molecule has 154 valence electrons. The van der Waals surface area contributed by atoms with Crippen LogP contribution in [0, 0.1) is 40.4 Å². The molecule has 27 heavy (non-hydrogen) atoms. The molecule has 4 aliphatic carbocycles. The van der Waals surface area contributed by atoms with Gasteiger partial charge in [0.05, 0.1) is 18.6 Å². The first-order valence-corrected chi connectivity index (χ1v) is 11.6. The standard InChI is InChI=1S/C24H40O3/c1-5-27-21(25)15-24(26)14-12-19-18-10-9-17-8-6-7-16(2)23(17,4)20(18)11-13-22(19,24)3/h16-20,26H,5-15H2,1-4H3/t16-,17+,18-,19-,20-,22-,23-,24+/m0/s1. The maximum Gasteiger partial charge on any atom is 0.308 e. The van der Waals surface area contributed by atoms with E-state index in [0.29, 0.717) is 17.9 Å². The molecule has 0 aliphatic heterocycles. The van der Waals surface area contributed by atoms with Crippen LogP contribution >= 0.6 is 0 Å². The molecular formula is C24H40O3. The molecule has 0 spiro atoms. The average Bonchev–Trinajstić information content (AvgIpc) is 2.87. The van der Waals surface area contributed by atoms with Crippen molar-refractivity contribution in [2.75, 3.05) is 6.61 Å². The summed E-state index contributed by atoms with van der Waals surface area (Å²) in [5.74, 6) is 3.64. The number of carbonyl (C=O) groups excluding carboxylic acids is 1. The number of esters is 1. The zero-order valence-electron chi connectivity index (χ0n) is 17.9. The van der Waals surface area contributed by atoms with Gasteiger partial charge in [-0.1, -0.05) is 33.6 Å². The van der Waals surface area contributed by atoms with Crippen LogP contribution in [0.1, 0.15) is 91.9 Å². The van der Waals surface area contributed by atoms with Gasteiger partial charge in [-0.25, -0.2) is 0 Å². The minimum absolute atomic E-state index is 0.123. The molecule has 0 bridgehead atoms. The Hall–Kier alpha value is -0.570. The van der Waals surface area contributed by atoms with Gasteiger partial charge in [0.15, 0.2) is 0 Å². The fraction of sp³-hybridized carbons (Fsp3) is 0.958. The van der Waals surface area contributed by atoms with Crippen LogP contribution in [0.25, 0.3) is 0 Å². The summed E-state index contributed by atoms with van der Waals surface area (Å²) in [4.78, 5) is 12.2. The van der Waals surface area contributed by atoms with Gasteiger partial charge >= 0.3 is 5.97 Å². The highest BCUT2D eigenvalue weighted by atomic mass is 16.5. The van der Waals surface area contributed by atoms with E-state index in [0.717, 1.165) is 42.9 Å². The van der Waals surface area contributed by atoms with Crippen molar-refractivity contribution in [3.63, 3.8) is 0 Å². The Labute approximate surface area is 165 Å². The van der Waals surface area contributed by atoms with E-state index in [9.17, 15) is 9.90 Å². The highest BCUT2D eigenvalue weighted by Crippen LogP contribution is 2.69. The third kappa shape index (κ3) is 2.74. The van der Waals surface area contributed by atoms with Crippen molar-refractivity contribution in [3.05, 3.63) is 0 Å². The second-order valence-corrected chi connectivity index (χ2v) is 10.9. The van der Waals surface area contributed by atoms with Gasteiger partial charge in [0.1, 0.15) is 0 Å². The number of fused-ring (bicyclic) bond motifs is 5. The predicted molar refractivity (Wildman–Crippen MR) is 107 cm³/mol. The molecule has 0 heterocycles. The van der Waals surface area contributed by atoms with Crippen molar-refractivity contribution in [1.29, 1.82) is 0 Å². The van der Waals surface area contributed by atoms with Crippen molar-refractivity contribution in [3.8, 4) is 0 Å². The molecular weight excluding hydrogens is 336 g/mol. The van der Waals surface area contributed by atoms with E-state index >= 15 is 0 Å². The molecule has 4 rings (SSSR count). The molecule has 3 nitrogen and oxygen atoms in total. The molecule has 0 unspecified atom stereocenters. The lowest BCUT2D eigenvalue weighted by atomic mass is 9.42. The van der Waals surface area contributed by atoms with Crippen molar-refractivity contribution in [2.45, 2.75) is 97.5 Å². The van der Waals surface area contributed by atoms with E-state index in [1.54, 1.807) is 0 Å². The van der Waals surface area contributed by atoms with Crippen molar-refractivity contribution < 1.29 is 14.6 Å². The van der Waals surface area contributed by atoms with Crippen LogP contribution in [0.3, 0.4) is 0 Å². The second kappa shape index (κ2) is 6.75. The first kappa shape index (κ1) is 19.7. The number of hydrogen-bond donors (Lipinski definition) is 1. The van der Waals surface area contributed by atoms with Crippen LogP contribution in [0.2, 0.25) is 0 Å². The molecule has 0 radical (unpaired) electrons. The fourth-order valence-electron chi connectivity index (χ4n) is 8.53. The number of rotatable bonds is 3. The Bertz CT molecular complexity index is 588. The molecule has 8 atom stereocenters. The first-order valence-electron chi connectivity index (χ1n) is 11.6. The van der Waals surface area contributed by atoms with Gasteiger partial charge in [-0.2, -0.15) is 0 Å². The smallest absolute Gasteiger partial charge is 0.308 e. The molecule has 0 aromatic carbocycles. The van der Waals surface area contributed by atoms with E-state index in [-0.39, 0.29) is 17.8 Å². The summed E-state index contributed by atoms with van der Waals surface area (Å²) in [6.07, 6.45) is 11.3. The third-order valence-corrected chi connectivity index (χ3v) is 10.3. The minimum atomic E-state index is -0.870. The van der Waals surface area contributed by atoms with E-state index in [4.69, 9.17) is 4.74 Å². The maximum atomic E-state index is 12.2. The highest BCUT2D eigenvalue weighted by molar-refractivity contribution is 5.71. The fourth-order valence-corrected chi connectivity index (χ4v) is 8.53. The van der Waals surface area contributed by atoms with Gasteiger partial charge in [-0.3, -0.25) is 4.79 Å². The topological polar surface area (TPSA) is 46.5 Å². The van der Waals surface area contributed by atoms with Crippen LogP contribution in [0.5, 0.6) is 0 Å². The summed E-state index contributed by atoms with van der Waals surface area (Å²) < 4.78 is 5.20. The summed E-state index contributed by atoms with van der Waals surface area (Å²) in [5.41, 5.74) is -0.503. The van der Waals surface area contributed by atoms with Gasteiger partial charge in [-0.15, -0.1) is 0 Å². The molecule has 0 aromatic heterocycles. The molecule has 0 saturated heterocycles. The van der Waals surface area contributed by atoms with Gasteiger partial charge in [-0.05, 0) is 92.3 Å². The predicted octanol–water partition coefficient (Wildman–Crippen LogP) is 5.35. The Morgan fingerprint density at radius 1 is 1.04 bits per heavy atom. The molecule has 3 heteroatoms. The largest absolute Gasteiger partial charge is 0.466 e. The Morgan fingerprint density at radius 2 is 1.78 bits per heavy atom. The van der Waals surface area contributed by atoms with E-state index in [1.165, 1.54) is 38.5 Å². The Balaban J connectivity index is 1.59. The van der Waals surface area contributed by atoms with E-state index in [2.05, 4.69) is 20.8 Å². The van der Waals surface area contributed by atoms with Crippen LogP contribution in [0.15, 0.2) is 0 Å². The number of ether oxygens (including phenoxy) is 1. The molecule has 0 amide bonds. The van der Waals surface area contributed by atoms with Gasteiger partial charge in [0.2, 0.25) is 0 Å². The summed E-state index contributed by atoms with van der Waals surface area (Å²) in [6, 6.07) is 0. The lowest BCUT2D eigenvalue weighted by molar-refractivity contribution is -0.175. The van der Waals surface area contributed by atoms with Gasteiger partial charge in [0, 0.05) is 0 Å². The zero-order valence-corrected chi connectivity index (χ0v) is 17.9. The normalized spacial score (nSPS) is 51.8.